The third-order valence-electron chi connectivity index (χ3n) is 3.52. The Morgan fingerprint density at radius 3 is 2.75 bits per heavy atom. The van der Waals surface area contributed by atoms with E-state index in [2.05, 4.69) is 0 Å². The molecule has 1 fully saturated rings. The van der Waals surface area contributed by atoms with Gasteiger partial charge in [0.1, 0.15) is 0 Å². The third kappa shape index (κ3) is 3.02. The summed E-state index contributed by atoms with van der Waals surface area (Å²) < 4.78 is 24.1. The number of sulfone groups is 1. The van der Waals surface area contributed by atoms with E-state index in [1.807, 2.05) is 0 Å². The Morgan fingerprint density at radius 2 is 2.10 bits per heavy atom. The van der Waals surface area contributed by atoms with Gasteiger partial charge in [0.25, 0.3) is 5.91 Å². The van der Waals surface area contributed by atoms with Crippen LogP contribution in [-0.2, 0) is 9.84 Å². The van der Waals surface area contributed by atoms with Crippen LogP contribution in [0.15, 0.2) is 29.2 Å². The van der Waals surface area contributed by atoms with E-state index in [0.717, 1.165) is 6.42 Å². The van der Waals surface area contributed by atoms with Crippen molar-refractivity contribution in [2.75, 3.05) is 18.8 Å². The molecule has 20 heavy (non-hydrogen) atoms. The van der Waals surface area contributed by atoms with Crippen molar-refractivity contribution < 1.29 is 18.3 Å². The quantitative estimate of drug-likeness (QED) is 0.906. The molecule has 1 aliphatic heterocycles. The van der Waals surface area contributed by atoms with Crippen LogP contribution in [0.1, 0.15) is 30.1 Å². The number of aliphatic hydroxyl groups excluding tert-OH is 1. The summed E-state index contributed by atoms with van der Waals surface area (Å²) >= 11 is 0. The summed E-state index contributed by atoms with van der Waals surface area (Å²) in [6.07, 6.45) is 0.886. The van der Waals surface area contributed by atoms with Crippen LogP contribution in [0.2, 0.25) is 0 Å². The molecule has 5 nitrogen and oxygen atoms in total. The van der Waals surface area contributed by atoms with Crippen molar-refractivity contribution in [3.63, 3.8) is 0 Å². The van der Waals surface area contributed by atoms with Gasteiger partial charge in [0, 0.05) is 13.1 Å². The Morgan fingerprint density at radius 1 is 1.40 bits per heavy atom. The summed E-state index contributed by atoms with van der Waals surface area (Å²) in [5.41, 5.74) is 0.198. The lowest BCUT2D eigenvalue weighted by Crippen LogP contribution is -2.42. The maximum absolute atomic E-state index is 12.5. The summed E-state index contributed by atoms with van der Waals surface area (Å²) in [4.78, 5) is 14.1. The Labute approximate surface area is 119 Å². The molecule has 0 aliphatic carbocycles. The molecule has 1 aliphatic rings. The second-order valence-corrected chi connectivity index (χ2v) is 7.19. The lowest BCUT2D eigenvalue weighted by molar-refractivity contribution is 0.0470. The molecule has 2 rings (SSSR count). The number of likely N-dealkylation sites (tertiary alicyclic amines) is 1. The van der Waals surface area contributed by atoms with Gasteiger partial charge in [-0.25, -0.2) is 8.42 Å². The zero-order valence-electron chi connectivity index (χ0n) is 11.4. The first-order valence-corrected chi connectivity index (χ1v) is 8.40. The van der Waals surface area contributed by atoms with E-state index in [0.29, 0.717) is 13.0 Å². The summed E-state index contributed by atoms with van der Waals surface area (Å²) in [7, 11) is -3.44. The van der Waals surface area contributed by atoms with Gasteiger partial charge in [-0.3, -0.25) is 4.79 Å². The lowest BCUT2D eigenvalue weighted by Gasteiger charge is -2.30. The van der Waals surface area contributed by atoms with E-state index in [-0.39, 0.29) is 28.7 Å². The van der Waals surface area contributed by atoms with Crippen molar-refractivity contribution in [3.8, 4) is 0 Å². The maximum Gasteiger partial charge on any atom is 0.255 e. The van der Waals surface area contributed by atoms with Crippen LogP contribution in [0.25, 0.3) is 0 Å². The standard InChI is InChI=1S/C14H19NO4S/c1-2-20(18,19)13-8-4-3-7-12(13)14(17)15-9-5-6-11(16)10-15/h3-4,7-8,11,16H,2,5-6,9-10H2,1H3/t11-/m0/s1. The van der Waals surface area contributed by atoms with Crippen molar-refractivity contribution >= 4 is 15.7 Å². The van der Waals surface area contributed by atoms with Gasteiger partial charge < -0.3 is 10.0 Å². The van der Waals surface area contributed by atoms with Crippen molar-refractivity contribution in [3.05, 3.63) is 29.8 Å². The summed E-state index contributed by atoms with van der Waals surface area (Å²) in [5.74, 6) is -0.365. The Bertz CT molecular complexity index is 597. The highest BCUT2D eigenvalue weighted by atomic mass is 32.2. The van der Waals surface area contributed by atoms with E-state index in [9.17, 15) is 18.3 Å². The van der Waals surface area contributed by atoms with Crippen molar-refractivity contribution in [2.24, 2.45) is 0 Å². The molecule has 0 spiro atoms. The highest BCUT2D eigenvalue weighted by Gasteiger charge is 2.27. The van der Waals surface area contributed by atoms with Crippen LogP contribution in [0.4, 0.5) is 0 Å². The van der Waals surface area contributed by atoms with Gasteiger partial charge in [-0.2, -0.15) is 0 Å². The minimum Gasteiger partial charge on any atom is -0.391 e. The molecule has 1 amide bonds. The molecular formula is C14H19NO4S. The van der Waals surface area contributed by atoms with E-state index in [1.54, 1.807) is 19.1 Å². The molecule has 0 unspecified atom stereocenters. The molecule has 0 saturated carbocycles. The molecule has 110 valence electrons. The van der Waals surface area contributed by atoms with Gasteiger partial charge in [0.2, 0.25) is 0 Å². The van der Waals surface area contributed by atoms with Crippen LogP contribution in [0.5, 0.6) is 0 Å². The fourth-order valence-electron chi connectivity index (χ4n) is 2.38. The summed E-state index contributed by atoms with van der Waals surface area (Å²) in [5, 5.41) is 9.64. The van der Waals surface area contributed by atoms with Gasteiger partial charge in [-0.1, -0.05) is 19.1 Å². The third-order valence-corrected chi connectivity index (χ3v) is 5.30. The number of nitrogens with zero attached hydrogens (tertiary/aromatic N) is 1. The molecule has 1 aromatic carbocycles. The fraction of sp³-hybridized carbons (Fsp3) is 0.500. The summed E-state index contributed by atoms with van der Waals surface area (Å²) in [6.45, 7) is 2.37. The molecule has 1 saturated heterocycles. The monoisotopic (exact) mass is 297 g/mol. The highest BCUT2D eigenvalue weighted by molar-refractivity contribution is 7.91. The molecule has 1 heterocycles. The van der Waals surface area contributed by atoms with E-state index >= 15 is 0 Å². The van der Waals surface area contributed by atoms with Crippen molar-refractivity contribution in [1.29, 1.82) is 0 Å². The SMILES string of the molecule is CCS(=O)(=O)c1ccccc1C(=O)N1CCC[C@H](O)C1. The predicted octanol–water partition coefficient (Wildman–Crippen LogP) is 1.08. The second-order valence-electron chi connectivity index (χ2n) is 4.95. The number of carbonyl (C=O) groups is 1. The van der Waals surface area contributed by atoms with Gasteiger partial charge in [-0.15, -0.1) is 0 Å². The first-order chi connectivity index (χ1) is 9.45. The van der Waals surface area contributed by atoms with Crippen molar-refractivity contribution in [2.45, 2.75) is 30.8 Å². The smallest absolute Gasteiger partial charge is 0.255 e. The number of hydrogen-bond donors (Lipinski definition) is 1. The molecule has 6 heteroatoms. The number of β-amino-alcohol motifs (C(OH)–C–C–N with tert-alkyl or cyclic N) is 1. The number of aliphatic hydroxyl groups is 1. The number of rotatable bonds is 3. The molecule has 1 aromatic rings. The molecule has 1 N–H and O–H groups in total. The first kappa shape index (κ1) is 15.0. The average molecular weight is 297 g/mol. The molecule has 0 bridgehead atoms. The Hall–Kier alpha value is -1.40. The topological polar surface area (TPSA) is 74.7 Å². The predicted molar refractivity (Wildman–Crippen MR) is 75.3 cm³/mol. The van der Waals surface area contributed by atoms with Crippen LogP contribution >= 0.6 is 0 Å². The number of piperidine rings is 1. The van der Waals surface area contributed by atoms with Gasteiger partial charge >= 0.3 is 0 Å². The zero-order chi connectivity index (χ0) is 14.8. The van der Waals surface area contributed by atoms with Crippen molar-refractivity contribution in [1.82, 2.24) is 4.90 Å². The van der Waals surface area contributed by atoms with Crippen LogP contribution in [0.3, 0.4) is 0 Å². The highest BCUT2D eigenvalue weighted by Crippen LogP contribution is 2.21. The molecule has 1 atom stereocenters. The van der Waals surface area contributed by atoms with Crippen LogP contribution in [0, 0.1) is 0 Å². The lowest BCUT2D eigenvalue weighted by atomic mass is 10.1. The van der Waals surface area contributed by atoms with E-state index in [4.69, 9.17) is 0 Å². The van der Waals surface area contributed by atoms with E-state index < -0.39 is 15.9 Å². The van der Waals surface area contributed by atoms with Crippen LogP contribution < -0.4 is 0 Å². The largest absolute Gasteiger partial charge is 0.391 e. The second kappa shape index (κ2) is 5.93. The first-order valence-electron chi connectivity index (χ1n) is 6.75. The summed E-state index contributed by atoms with van der Waals surface area (Å²) in [6, 6.07) is 6.27. The number of hydrogen-bond acceptors (Lipinski definition) is 4. The van der Waals surface area contributed by atoms with E-state index in [1.165, 1.54) is 17.0 Å². The van der Waals surface area contributed by atoms with Gasteiger partial charge in [0.15, 0.2) is 9.84 Å². The number of amides is 1. The Kier molecular flexibility index (Phi) is 4.45. The minimum absolute atomic E-state index is 0.0417. The molecular weight excluding hydrogens is 278 g/mol. The van der Waals surface area contributed by atoms with Gasteiger partial charge in [0.05, 0.1) is 22.3 Å². The maximum atomic E-state index is 12.5. The van der Waals surface area contributed by atoms with Gasteiger partial charge in [-0.05, 0) is 25.0 Å². The molecule has 0 aromatic heterocycles. The zero-order valence-corrected chi connectivity index (χ0v) is 12.3. The Balaban J connectivity index is 2.35. The fourth-order valence-corrected chi connectivity index (χ4v) is 3.47. The minimum atomic E-state index is -3.44. The number of benzene rings is 1. The van der Waals surface area contributed by atoms with Crippen LogP contribution in [-0.4, -0.2) is 49.3 Å². The number of carbonyl (C=O) groups excluding carboxylic acids is 1. The average Bonchev–Trinajstić information content (AvgIpc) is 2.46. The normalized spacial score (nSPS) is 19.9. The molecule has 0 radical (unpaired) electrons.